The Morgan fingerprint density at radius 3 is 2.40 bits per heavy atom. The molecule has 3 heterocycles. The molecule has 0 radical (unpaired) electrons. The minimum atomic E-state index is -0.166. The molecule has 9 nitrogen and oxygen atoms in total. The van der Waals surface area contributed by atoms with Crippen LogP contribution >= 0.6 is 23.2 Å². The van der Waals surface area contributed by atoms with E-state index in [1.165, 1.54) is 50.8 Å². The van der Waals surface area contributed by atoms with Gasteiger partial charge in [0.2, 0.25) is 0 Å². The predicted octanol–water partition coefficient (Wildman–Crippen LogP) is 9.48. The summed E-state index contributed by atoms with van der Waals surface area (Å²) in [5.41, 5.74) is 6.84. The summed E-state index contributed by atoms with van der Waals surface area (Å²) in [4.78, 5) is 25.5. The molecule has 1 aromatic heterocycles. The quantitative estimate of drug-likeness (QED) is 0.123. The molecule has 4 aromatic rings. The summed E-state index contributed by atoms with van der Waals surface area (Å²) in [6.07, 6.45) is 12.3. The highest BCUT2D eigenvalue weighted by molar-refractivity contribution is 6.35. The van der Waals surface area contributed by atoms with Crippen LogP contribution in [0.1, 0.15) is 85.8 Å². The van der Waals surface area contributed by atoms with Gasteiger partial charge >= 0.3 is 6.15 Å². The van der Waals surface area contributed by atoms with Crippen LogP contribution in [-0.4, -0.2) is 60.3 Å². The molecule has 0 amide bonds. The third kappa shape index (κ3) is 10.7. The van der Waals surface area contributed by atoms with Crippen LogP contribution in [0.4, 0.5) is 0 Å². The minimum Gasteiger partial charge on any atom is -0.492 e. The first-order chi connectivity index (χ1) is 26.9. The lowest BCUT2D eigenvalue weighted by molar-refractivity contribution is -0.191. The van der Waals surface area contributed by atoms with Gasteiger partial charge in [-0.05, 0) is 112 Å². The van der Waals surface area contributed by atoms with Gasteiger partial charge < -0.3 is 19.1 Å². The fourth-order valence-corrected chi connectivity index (χ4v) is 8.32. The van der Waals surface area contributed by atoms with Gasteiger partial charge in [-0.25, -0.2) is 0 Å². The Kier molecular flexibility index (Phi) is 14.6. The second-order valence-corrected chi connectivity index (χ2v) is 15.4. The van der Waals surface area contributed by atoms with Crippen molar-refractivity contribution in [3.63, 3.8) is 0 Å². The van der Waals surface area contributed by atoms with Gasteiger partial charge in [0.15, 0.2) is 0 Å². The number of hydrogen-bond acceptors (Lipinski definition) is 9. The highest BCUT2D eigenvalue weighted by Crippen LogP contribution is 2.45. The Morgan fingerprint density at radius 1 is 0.855 bits per heavy atom. The maximum Gasteiger partial charge on any atom is 0.373 e. The molecule has 55 heavy (non-hydrogen) atoms. The van der Waals surface area contributed by atoms with Crippen molar-refractivity contribution in [3.8, 4) is 34.4 Å². The highest BCUT2D eigenvalue weighted by Gasteiger charge is 2.29. The van der Waals surface area contributed by atoms with Crippen LogP contribution in [0, 0.1) is 17.2 Å². The lowest BCUT2D eigenvalue weighted by Crippen LogP contribution is -2.34. The van der Waals surface area contributed by atoms with Gasteiger partial charge in [0.25, 0.3) is 0 Å². The largest absolute Gasteiger partial charge is 0.492 e. The molecule has 1 atom stereocenters. The van der Waals surface area contributed by atoms with Gasteiger partial charge in [-0.15, -0.1) is 0 Å². The summed E-state index contributed by atoms with van der Waals surface area (Å²) in [5.74, 6) is 2.90. The zero-order chi connectivity index (χ0) is 38.6. The molecular formula is C44H48Cl2N4O5. The van der Waals surface area contributed by atoms with Crippen LogP contribution in [0.25, 0.3) is 11.1 Å². The normalized spacial score (nSPS) is 17.3. The monoisotopic (exact) mass is 782 g/mol. The molecule has 288 valence electrons. The smallest absolute Gasteiger partial charge is 0.373 e. The van der Waals surface area contributed by atoms with Crippen molar-refractivity contribution in [1.82, 2.24) is 14.8 Å². The first-order valence-corrected chi connectivity index (χ1v) is 20.1. The van der Waals surface area contributed by atoms with Gasteiger partial charge in [-0.1, -0.05) is 66.9 Å². The van der Waals surface area contributed by atoms with E-state index in [1.54, 1.807) is 12.4 Å². The number of ether oxygens (including phenoxy) is 3. The maximum atomic E-state index is 9.36. The molecular weight excluding hydrogens is 735 g/mol. The summed E-state index contributed by atoms with van der Waals surface area (Å²) in [7, 11) is 0. The Labute approximate surface area is 334 Å². The fourth-order valence-electron chi connectivity index (χ4n) is 7.80. The number of aromatic nitrogens is 1. The number of carbonyl (C=O) groups excluding carboxylic acids is 2. The zero-order valence-electron chi connectivity index (χ0n) is 31.4. The molecule has 0 N–H and O–H groups in total. The molecule has 1 unspecified atom stereocenters. The molecule has 0 spiro atoms. The first-order valence-electron chi connectivity index (χ1n) is 19.3. The average molecular weight is 784 g/mol. The van der Waals surface area contributed by atoms with Crippen molar-refractivity contribution in [2.75, 3.05) is 39.3 Å². The van der Waals surface area contributed by atoms with Gasteiger partial charge in [0, 0.05) is 48.2 Å². The van der Waals surface area contributed by atoms with Crippen molar-refractivity contribution < 1.29 is 23.8 Å². The van der Waals surface area contributed by atoms with Gasteiger partial charge in [0.05, 0.1) is 22.2 Å². The van der Waals surface area contributed by atoms with E-state index in [0.717, 1.165) is 90.7 Å². The summed E-state index contributed by atoms with van der Waals surface area (Å²) < 4.78 is 19.4. The number of hydrogen-bond donors (Lipinski definition) is 0. The van der Waals surface area contributed by atoms with Gasteiger partial charge in [-0.2, -0.15) is 14.9 Å². The molecule has 3 aromatic carbocycles. The Morgan fingerprint density at radius 2 is 1.62 bits per heavy atom. The molecule has 1 aliphatic carbocycles. The predicted molar refractivity (Wildman–Crippen MR) is 212 cm³/mol. The number of nitrogens with zero attached hydrogens (tertiary/aromatic N) is 4. The Balaban J connectivity index is 0.00000166. The van der Waals surface area contributed by atoms with E-state index >= 15 is 0 Å². The maximum absolute atomic E-state index is 9.36. The van der Waals surface area contributed by atoms with Crippen LogP contribution in [0.15, 0.2) is 67.0 Å². The summed E-state index contributed by atoms with van der Waals surface area (Å²) in [6.45, 7) is 9.57. The Hall–Kier alpha value is -4.42. The number of pyridine rings is 1. The molecule has 0 saturated carbocycles. The molecule has 7 rings (SSSR count). The number of fused-ring (bicyclic) bond motifs is 1. The second-order valence-electron chi connectivity index (χ2n) is 14.7. The average Bonchev–Trinajstić information content (AvgIpc) is 3.62. The van der Waals surface area contributed by atoms with Crippen molar-refractivity contribution in [1.29, 1.82) is 5.26 Å². The molecule has 0 bridgehead atoms. The zero-order valence-corrected chi connectivity index (χ0v) is 32.9. The molecule has 2 aliphatic heterocycles. The van der Waals surface area contributed by atoms with Crippen molar-refractivity contribution in [2.24, 2.45) is 5.92 Å². The first kappa shape index (κ1) is 40.2. The summed E-state index contributed by atoms with van der Waals surface area (Å²) in [6, 6.07) is 20.4. The lowest BCUT2D eigenvalue weighted by Gasteiger charge is -2.30. The van der Waals surface area contributed by atoms with Crippen LogP contribution < -0.4 is 14.2 Å². The number of piperidine rings is 2. The van der Waals surface area contributed by atoms with Crippen molar-refractivity contribution in [2.45, 2.75) is 77.5 Å². The van der Waals surface area contributed by atoms with Crippen LogP contribution in [0.5, 0.6) is 17.2 Å². The number of nitriles is 1. The third-order valence-electron chi connectivity index (χ3n) is 10.8. The van der Waals surface area contributed by atoms with Crippen LogP contribution in [-0.2, 0) is 29.2 Å². The summed E-state index contributed by atoms with van der Waals surface area (Å²) >= 11 is 14.0. The van der Waals surface area contributed by atoms with Crippen LogP contribution in [0.3, 0.4) is 0 Å². The standard InChI is InChI=1S/C43H48Cl2N4O3.CO2/c1-30-14-19-48(20-15-30)18-7-21-50-40-11-6-10-37(43(40)45)34-8-5-9-36-35(34)12-13-39(36)52-42-24-41(51-29-32-22-31(25-46)26-47-27-32)33(23-38(42)44)28-49-16-3-2-4-17-49;2-1-3/h5-6,8-11,22-24,26-27,30,39H,2-4,7,12-21,28-29H2,1H3;. The second kappa shape index (κ2) is 20.0. The van der Waals surface area contributed by atoms with Crippen molar-refractivity contribution in [3.05, 3.63) is 105 Å². The third-order valence-corrected chi connectivity index (χ3v) is 11.5. The lowest BCUT2D eigenvalue weighted by atomic mass is 9.96. The molecule has 3 aliphatic rings. The number of rotatable bonds is 13. The number of halogens is 2. The number of likely N-dealkylation sites (tertiary alicyclic amines) is 2. The topological polar surface area (TPSA) is 105 Å². The van der Waals surface area contributed by atoms with E-state index in [0.29, 0.717) is 28.0 Å². The van der Waals surface area contributed by atoms with Crippen molar-refractivity contribution >= 4 is 29.4 Å². The van der Waals surface area contributed by atoms with E-state index in [2.05, 4.69) is 52.0 Å². The number of benzene rings is 3. The molecule has 2 fully saturated rings. The van der Waals surface area contributed by atoms with Gasteiger partial charge in [0.1, 0.15) is 36.0 Å². The van der Waals surface area contributed by atoms with Gasteiger partial charge in [-0.3, -0.25) is 9.88 Å². The van der Waals surface area contributed by atoms with Crippen LogP contribution in [0.2, 0.25) is 10.0 Å². The SMILES string of the molecule is CC1CCN(CCCOc2cccc(-c3cccc4c3CCC4Oc3cc(OCc4cncc(C#N)c4)c(CN4CCCCC4)cc3Cl)c2Cl)CC1.O=C=O. The van der Waals surface area contributed by atoms with E-state index in [4.69, 9.17) is 47.0 Å². The Bertz CT molecular complexity index is 1980. The molecule has 2 saturated heterocycles. The fraction of sp³-hybridized carbons (Fsp3) is 0.432. The van der Waals surface area contributed by atoms with E-state index in [9.17, 15) is 5.26 Å². The summed E-state index contributed by atoms with van der Waals surface area (Å²) in [5, 5.41) is 10.6. The van der Waals surface area contributed by atoms with E-state index < -0.39 is 0 Å². The molecule has 11 heteroatoms. The van der Waals surface area contributed by atoms with E-state index in [1.807, 2.05) is 30.3 Å². The minimum absolute atomic E-state index is 0.166. The van der Waals surface area contributed by atoms with E-state index in [-0.39, 0.29) is 18.9 Å². The highest BCUT2D eigenvalue weighted by atomic mass is 35.5.